The van der Waals surface area contributed by atoms with E-state index >= 15 is 0 Å². The lowest BCUT2D eigenvalue weighted by Gasteiger charge is -2.37. The van der Waals surface area contributed by atoms with Gasteiger partial charge in [0.15, 0.2) is 0 Å². The number of unbranched alkanes of at least 4 members (excludes halogenated alkanes) is 3. The van der Waals surface area contributed by atoms with Crippen molar-refractivity contribution in [3.63, 3.8) is 0 Å². The van der Waals surface area contributed by atoms with Crippen molar-refractivity contribution in [2.45, 2.75) is 69.1 Å². The van der Waals surface area contributed by atoms with Crippen molar-refractivity contribution in [3.05, 3.63) is 25.3 Å². The molecule has 10 nitrogen and oxygen atoms in total. The van der Waals surface area contributed by atoms with E-state index in [0.29, 0.717) is 71.5 Å². The summed E-state index contributed by atoms with van der Waals surface area (Å²) in [5, 5.41) is 9.15. The molecule has 224 valence electrons. The molecule has 10 heteroatoms. The molecule has 2 unspecified atom stereocenters. The SMILES string of the molecule is C=CCCOC(=O)[C@@H]1[C@H]2C(=O)N(CCCCCCO)C(C(=O)N(CC=C)CCN3CCOCC3)C23CC[C@@]1(C)O3. The van der Waals surface area contributed by atoms with Crippen LogP contribution in [0.15, 0.2) is 25.3 Å². The van der Waals surface area contributed by atoms with Crippen molar-refractivity contribution < 1.29 is 33.7 Å². The normalized spacial score (nSPS) is 31.3. The summed E-state index contributed by atoms with van der Waals surface area (Å²) in [5.41, 5.74) is -1.91. The summed E-state index contributed by atoms with van der Waals surface area (Å²) in [6.07, 6.45) is 8.16. The van der Waals surface area contributed by atoms with E-state index in [1.165, 1.54) is 0 Å². The largest absolute Gasteiger partial charge is 0.465 e. The third kappa shape index (κ3) is 6.00. The molecule has 0 aromatic rings. The number of nitrogens with zero attached hydrogens (tertiary/aromatic N) is 3. The lowest BCUT2D eigenvalue weighted by molar-refractivity contribution is -0.160. The van der Waals surface area contributed by atoms with Gasteiger partial charge in [-0.3, -0.25) is 19.3 Å². The van der Waals surface area contributed by atoms with Crippen molar-refractivity contribution in [3.8, 4) is 0 Å². The van der Waals surface area contributed by atoms with Gasteiger partial charge in [0.1, 0.15) is 17.6 Å². The highest BCUT2D eigenvalue weighted by molar-refractivity contribution is 5.98. The summed E-state index contributed by atoms with van der Waals surface area (Å²) in [7, 11) is 0. The van der Waals surface area contributed by atoms with Crippen LogP contribution in [0, 0.1) is 11.8 Å². The Morgan fingerprint density at radius 1 is 1.12 bits per heavy atom. The molecule has 2 amide bonds. The number of aliphatic hydroxyl groups is 1. The van der Waals surface area contributed by atoms with E-state index < -0.39 is 35.0 Å². The third-order valence-corrected chi connectivity index (χ3v) is 9.09. The second kappa shape index (κ2) is 13.6. The molecule has 4 heterocycles. The number of rotatable bonds is 16. The van der Waals surface area contributed by atoms with E-state index in [0.717, 1.165) is 25.9 Å². The average molecular weight is 562 g/mol. The molecule has 40 heavy (non-hydrogen) atoms. The van der Waals surface area contributed by atoms with Gasteiger partial charge in [-0.05, 0) is 39.0 Å². The Balaban J connectivity index is 1.60. The van der Waals surface area contributed by atoms with E-state index in [2.05, 4.69) is 18.1 Å². The predicted molar refractivity (Wildman–Crippen MR) is 149 cm³/mol. The molecule has 4 aliphatic heterocycles. The van der Waals surface area contributed by atoms with Crippen LogP contribution in [0.1, 0.15) is 51.9 Å². The third-order valence-electron chi connectivity index (χ3n) is 9.09. The van der Waals surface area contributed by atoms with Crippen LogP contribution < -0.4 is 0 Å². The molecule has 1 spiro atoms. The molecule has 4 saturated heterocycles. The van der Waals surface area contributed by atoms with Crippen LogP contribution in [0.4, 0.5) is 0 Å². The molecular formula is C30H47N3O7. The smallest absolute Gasteiger partial charge is 0.312 e. The minimum Gasteiger partial charge on any atom is -0.465 e. The van der Waals surface area contributed by atoms with Gasteiger partial charge in [-0.2, -0.15) is 0 Å². The molecule has 1 N–H and O–H groups in total. The number of likely N-dealkylation sites (tertiary alicyclic amines) is 1. The number of hydrogen-bond donors (Lipinski definition) is 1. The van der Waals surface area contributed by atoms with E-state index in [4.69, 9.17) is 19.3 Å². The Labute approximate surface area is 238 Å². The van der Waals surface area contributed by atoms with Gasteiger partial charge in [0.2, 0.25) is 11.8 Å². The molecule has 4 rings (SSSR count). The molecule has 0 aromatic carbocycles. The first kappa shape index (κ1) is 30.7. The number of hydrogen-bond acceptors (Lipinski definition) is 8. The van der Waals surface area contributed by atoms with Crippen molar-refractivity contribution >= 4 is 17.8 Å². The standard InChI is InChI=1S/C30H47N3O7/c1-4-6-20-39-28(37)24-23-26(35)33(14-9-7-8-10-19-34)25(30(23)12-11-29(24,3)40-30)27(36)32(13-5-2)16-15-31-17-21-38-22-18-31/h4-5,23-25,34H,1-2,6-22H2,3H3/t23-,24-,25?,29+,30?/m0/s1. The molecule has 0 aromatic heterocycles. The Bertz CT molecular complexity index is 938. The number of esters is 1. The van der Waals surface area contributed by atoms with Gasteiger partial charge in [-0.1, -0.05) is 25.0 Å². The molecule has 0 saturated carbocycles. The summed E-state index contributed by atoms with van der Waals surface area (Å²) >= 11 is 0. The average Bonchev–Trinajstić information content (AvgIpc) is 3.52. The summed E-state index contributed by atoms with van der Waals surface area (Å²) in [6, 6.07) is -0.805. The van der Waals surface area contributed by atoms with E-state index in [9.17, 15) is 14.4 Å². The van der Waals surface area contributed by atoms with Crippen LogP contribution in [-0.4, -0.2) is 121 Å². The number of fused-ring (bicyclic) bond motifs is 1. The first-order valence-electron chi connectivity index (χ1n) is 14.9. The second-order valence-electron chi connectivity index (χ2n) is 11.7. The van der Waals surface area contributed by atoms with Crippen molar-refractivity contribution in [1.29, 1.82) is 0 Å². The highest BCUT2D eigenvalue weighted by Gasteiger charge is 2.78. The first-order valence-corrected chi connectivity index (χ1v) is 14.9. The quantitative estimate of drug-likeness (QED) is 0.173. The fraction of sp³-hybridized carbons (Fsp3) is 0.767. The molecule has 4 aliphatic rings. The van der Waals surface area contributed by atoms with Crippen LogP contribution in [0.3, 0.4) is 0 Å². The number of carbonyl (C=O) groups excluding carboxylic acids is 3. The maximum Gasteiger partial charge on any atom is 0.312 e. The minimum atomic E-state index is -1.06. The number of aliphatic hydroxyl groups excluding tert-OH is 1. The zero-order valence-electron chi connectivity index (χ0n) is 24.1. The maximum absolute atomic E-state index is 14.4. The van der Waals surface area contributed by atoms with Gasteiger partial charge < -0.3 is 29.1 Å². The van der Waals surface area contributed by atoms with Crippen LogP contribution in [0.2, 0.25) is 0 Å². The fourth-order valence-corrected chi connectivity index (χ4v) is 7.09. The number of morpholine rings is 1. The monoisotopic (exact) mass is 561 g/mol. The van der Waals surface area contributed by atoms with E-state index in [-0.39, 0.29) is 25.0 Å². The Morgan fingerprint density at radius 2 is 1.88 bits per heavy atom. The van der Waals surface area contributed by atoms with Crippen molar-refractivity contribution in [2.75, 3.05) is 65.7 Å². The number of amides is 2. The highest BCUT2D eigenvalue weighted by atomic mass is 16.6. The summed E-state index contributed by atoms with van der Waals surface area (Å²) < 4.78 is 17.7. The van der Waals surface area contributed by atoms with Crippen molar-refractivity contribution in [2.24, 2.45) is 11.8 Å². The van der Waals surface area contributed by atoms with Gasteiger partial charge in [0.25, 0.3) is 0 Å². The maximum atomic E-state index is 14.4. The molecule has 4 fully saturated rings. The van der Waals surface area contributed by atoms with E-state index in [1.807, 2.05) is 6.92 Å². The van der Waals surface area contributed by atoms with Crippen LogP contribution >= 0.6 is 0 Å². The zero-order chi connectivity index (χ0) is 28.8. The highest BCUT2D eigenvalue weighted by Crippen LogP contribution is 2.63. The van der Waals surface area contributed by atoms with Gasteiger partial charge in [-0.15, -0.1) is 13.2 Å². The number of carbonyl (C=O) groups is 3. The summed E-state index contributed by atoms with van der Waals surface area (Å²) in [6.45, 7) is 14.8. The van der Waals surface area contributed by atoms with Crippen LogP contribution in [-0.2, 0) is 28.6 Å². The lowest BCUT2D eigenvalue weighted by Crippen LogP contribution is -2.57. The molecular weight excluding hydrogens is 514 g/mol. The molecule has 2 bridgehead atoms. The molecule has 5 atom stereocenters. The molecule has 0 radical (unpaired) electrons. The van der Waals surface area contributed by atoms with Gasteiger partial charge in [-0.25, -0.2) is 0 Å². The minimum absolute atomic E-state index is 0.136. The molecule has 0 aliphatic carbocycles. The second-order valence-corrected chi connectivity index (χ2v) is 11.7. The fourth-order valence-electron chi connectivity index (χ4n) is 7.09. The Morgan fingerprint density at radius 3 is 2.58 bits per heavy atom. The first-order chi connectivity index (χ1) is 19.3. The summed E-state index contributed by atoms with van der Waals surface area (Å²) in [5.74, 6) is -2.28. The lowest BCUT2D eigenvalue weighted by atomic mass is 9.66. The van der Waals surface area contributed by atoms with E-state index in [1.54, 1.807) is 22.0 Å². The van der Waals surface area contributed by atoms with Gasteiger partial charge >= 0.3 is 5.97 Å². The van der Waals surface area contributed by atoms with Crippen LogP contribution in [0.5, 0.6) is 0 Å². The predicted octanol–water partition coefficient (Wildman–Crippen LogP) is 1.77. The zero-order valence-corrected chi connectivity index (χ0v) is 24.1. The number of ether oxygens (including phenoxy) is 3. The summed E-state index contributed by atoms with van der Waals surface area (Å²) in [4.78, 5) is 47.7. The van der Waals surface area contributed by atoms with Gasteiger partial charge in [0, 0.05) is 45.9 Å². The Hall–Kier alpha value is -2.27. The van der Waals surface area contributed by atoms with Gasteiger partial charge in [0.05, 0.1) is 31.3 Å². The topological polar surface area (TPSA) is 109 Å². The van der Waals surface area contributed by atoms with Crippen LogP contribution in [0.25, 0.3) is 0 Å². The Kier molecular flexibility index (Phi) is 10.4. The van der Waals surface area contributed by atoms with Crippen molar-refractivity contribution in [1.82, 2.24) is 14.7 Å².